The van der Waals surface area contributed by atoms with Crippen molar-refractivity contribution in [1.82, 2.24) is 9.97 Å². The highest BCUT2D eigenvalue weighted by atomic mass is 16.3. The standard InChI is InChI=1S/C25H17N3O5/c1-13-8-9-15-16(11-13)27-25(26-15)28-21(18-7-4-10-32-18)20(23(30)24(28)31)22(29)19-12-14-5-2-3-6-17(14)33-19/h2-12,21,30H,1H3,(H,26,27). The molecular weight excluding hydrogens is 422 g/mol. The summed E-state index contributed by atoms with van der Waals surface area (Å²) in [5, 5.41) is 11.6. The summed E-state index contributed by atoms with van der Waals surface area (Å²) in [5.41, 5.74) is 2.80. The SMILES string of the molecule is Cc1ccc2nc(N3C(=O)C(O)=C(C(=O)c4cc5ccccc5o4)C3c3ccco3)[nH]c2c1. The number of hydrogen-bond donors (Lipinski definition) is 2. The number of H-pyrrole nitrogens is 1. The Bertz CT molecular complexity index is 1560. The molecule has 33 heavy (non-hydrogen) atoms. The topological polar surface area (TPSA) is 113 Å². The van der Waals surface area contributed by atoms with Crippen molar-refractivity contribution in [3.8, 4) is 0 Å². The molecule has 5 aromatic rings. The number of carbonyl (C=O) groups is 2. The fraction of sp³-hybridized carbons (Fsp3) is 0.0800. The van der Waals surface area contributed by atoms with Gasteiger partial charge < -0.3 is 18.9 Å². The van der Waals surface area contributed by atoms with E-state index in [0.29, 0.717) is 16.9 Å². The zero-order chi connectivity index (χ0) is 22.7. The summed E-state index contributed by atoms with van der Waals surface area (Å²) in [6, 6.07) is 16.7. The van der Waals surface area contributed by atoms with Crippen molar-refractivity contribution in [3.63, 3.8) is 0 Å². The average molecular weight is 439 g/mol. The highest BCUT2D eigenvalue weighted by molar-refractivity contribution is 6.20. The molecule has 1 atom stereocenters. The first kappa shape index (κ1) is 19.1. The normalized spacial score (nSPS) is 16.5. The quantitative estimate of drug-likeness (QED) is 0.381. The molecule has 0 saturated carbocycles. The number of carbonyl (C=O) groups excluding carboxylic acids is 2. The van der Waals surface area contributed by atoms with Crippen LogP contribution in [0.4, 0.5) is 5.95 Å². The summed E-state index contributed by atoms with van der Waals surface area (Å²) in [7, 11) is 0. The average Bonchev–Trinajstić information content (AvgIpc) is 3.59. The molecular formula is C25H17N3O5. The lowest BCUT2D eigenvalue weighted by atomic mass is 9.99. The first-order valence-electron chi connectivity index (χ1n) is 10.3. The predicted molar refractivity (Wildman–Crippen MR) is 120 cm³/mol. The molecule has 0 aliphatic carbocycles. The zero-order valence-electron chi connectivity index (χ0n) is 17.4. The van der Waals surface area contributed by atoms with Crippen molar-refractivity contribution in [1.29, 1.82) is 0 Å². The van der Waals surface area contributed by atoms with Gasteiger partial charge in [-0.3, -0.25) is 14.5 Å². The molecule has 4 heterocycles. The van der Waals surface area contributed by atoms with Gasteiger partial charge in [-0.2, -0.15) is 0 Å². The fourth-order valence-electron chi connectivity index (χ4n) is 4.22. The van der Waals surface area contributed by atoms with E-state index in [2.05, 4.69) is 9.97 Å². The minimum atomic E-state index is -1.02. The van der Waals surface area contributed by atoms with Crippen LogP contribution in [0.5, 0.6) is 0 Å². The Morgan fingerprint density at radius 2 is 1.97 bits per heavy atom. The third-order valence-electron chi connectivity index (χ3n) is 5.77. The van der Waals surface area contributed by atoms with Crippen molar-refractivity contribution >= 4 is 39.6 Å². The fourth-order valence-corrected chi connectivity index (χ4v) is 4.22. The number of aromatic nitrogens is 2. The van der Waals surface area contributed by atoms with Gasteiger partial charge in [-0.15, -0.1) is 0 Å². The molecule has 1 amide bonds. The molecule has 3 aromatic heterocycles. The van der Waals surface area contributed by atoms with Crippen LogP contribution in [0, 0.1) is 6.92 Å². The lowest BCUT2D eigenvalue weighted by Crippen LogP contribution is -2.31. The number of aliphatic hydroxyl groups excluding tert-OH is 1. The van der Waals surface area contributed by atoms with Crippen LogP contribution in [-0.2, 0) is 4.79 Å². The summed E-state index contributed by atoms with van der Waals surface area (Å²) in [4.78, 5) is 35.6. The number of ketones is 1. The maximum Gasteiger partial charge on any atom is 0.296 e. The van der Waals surface area contributed by atoms with E-state index in [-0.39, 0.29) is 17.3 Å². The molecule has 1 aliphatic heterocycles. The van der Waals surface area contributed by atoms with Gasteiger partial charge in [0, 0.05) is 5.39 Å². The molecule has 8 nitrogen and oxygen atoms in total. The second kappa shape index (κ2) is 6.96. The number of rotatable bonds is 4. The molecule has 8 heteroatoms. The van der Waals surface area contributed by atoms with E-state index in [0.717, 1.165) is 16.5 Å². The number of para-hydroxylation sites is 1. The van der Waals surface area contributed by atoms with Gasteiger partial charge in [-0.1, -0.05) is 24.3 Å². The number of nitrogens with one attached hydrogen (secondary N) is 1. The zero-order valence-corrected chi connectivity index (χ0v) is 17.4. The number of aromatic amines is 1. The highest BCUT2D eigenvalue weighted by Crippen LogP contribution is 2.42. The molecule has 1 unspecified atom stereocenters. The molecule has 0 fully saturated rings. The first-order valence-corrected chi connectivity index (χ1v) is 10.3. The van der Waals surface area contributed by atoms with E-state index in [1.165, 1.54) is 11.2 Å². The van der Waals surface area contributed by atoms with Crippen LogP contribution in [-0.4, -0.2) is 26.8 Å². The number of imidazole rings is 1. The maximum atomic E-state index is 13.5. The van der Waals surface area contributed by atoms with E-state index >= 15 is 0 Å². The molecule has 2 aromatic carbocycles. The molecule has 162 valence electrons. The van der Waals surface area contributed by atoms with E-state index < -0.39 is 23.5 Å². The number of aryl methyl sites for hydroxylation is 1. The van der Waals surface area contributed by atoms with Crippen LogP contribution in [0.2, 0.25) is 0 Å². The Balaban J connectivity index is 1.49. The second-order valence-corrected chi connectivity index (χ2v) is 7.91. The highest BCUT2D eigenvalue weighted by Gasteiger charge is 2.48. The van der Waals surface area contributed by atoms with Crippen LogP contribution in [0.3, 0.4) is 0 Å². The number of benzene rings is 2. The minimum absolute atomic E-state index is 0.0178. The molecule has 0 bridgehead atoms. The number of hydrogen-bond acceptors (Lipinski definition) is 6. The van der Waals surface area contributed by atoms with Gasteiger partial charge in [0.05, 0.1) is 22.9 Å². The number of aliphatic hydroxyl groups is 1. The summed E-state index contributed by atoms with van der Waals surface area (Å²) in [6.45, 7) is 1.95. The van der Waals surface area contributed by atoms with Crippen LogP contribution >= 0.6 is 0 Å². The smallest absolute Gasteiger partial charge is 0.296 e. The maximum absolute atomic E-state index is 13.5. The van der Waals surface area contributed by atoms with Gasteiger partial charge in [0.25, 0.3) is 5.91 Å². The van der Waals surface area contributed by atoms with Gasteiger partial charge in [0.2, 0.25) is 11.7 Å². The number of amides is 1. The molecule has 0 spiro atoms. The lowest BCUT2D eigenvalue weighted by Gasteiger charge is -2.21. The lowest BCUT2D eigenvalue weighted by molar-refractivity contribution is -0.117. The summed E-state index contributed by atoms with van der Waals surface area (Å²) in [6.07, 6.45) is 1.44. The Labute approximate surface area is 186 Å². The van der Waals surface area contributed by atoms with E-state index in [1.54, 1.807) is 30.3 Å². The van der Waals surface area contributed by atoms with Crippen molar-refractivity contribution in [2.24, 2.45) is 0 Å². The molecule has 0 saturated heterocycles. The van der Waals surface area contributed by atoms with Gasteiger partial charge in [0.15, 0.2) is 11.5 Å². The molecule has 1 aliphatic rings. The third-order valence-corrected chi connectivity index (χ3v) is 5.77. The van der Waals surface area contributed by atoms with Gasteiger partial charge in [-0.05, 0) is 48.9 Å². The summed E-state index contributed by atoms with van der Waals surface area (Å²) >= 11 is 0. The van der Waals surface area contributed by atoms with Gasteiger partial charge >= 0.3 is 0 Å². The Morgan fingerprint density at radius 1 is 1.12 bits per heavy atom. The van der Waals surface area contributed by atoms with Crippen molar-refractivity contribution in [2.75, 3.05) is 4.90 Å². The van der Waals surface area contributed by atoms with Crippen molar-refractivity contribution in [3.05, 3.63) is 95.3 Å². The van der Waals surface area contributed by atoms with E-state index in [4.69, 9.17) is 8.83 Å². The first-order chi connectivity index (χ1) is 16.0. The van der Waals surface area contributed by atoms with Crippen LogP contribution in [0.15, 0.2) is 87.1 Å². The number of Topliss-reactive ketones (excluding diaryl/α,β-unsaturated/α-hetero) is 1. The van der Waals surface area contributed by atoms with E-state index in [9.17, 15) is 14.7 Å². The molecule has 6 rings (SSSR count). The third kappa shape index (κ3) is 2.88. The second-order valence-electron chi connectivity index (χ2n) is 7.91. The largest absolute Gasteiger partial charge is 0.503 e. The number of fused-ring (bicyclic) bond motifs is 2. The van der Waals surface area contributed by atoms with Gasteiger partial charge in [0.1, 0.15) is 17.4 Å². The number of nitrogens with zero attached hydrogens (tertiary/aromatic N) is 2. The van der Waals surface area contributed by atoms with Crippen LogP contribution < -0.4 is 4.90 Å². The Hall–Kier alpha value is -4.59. The number of anilines is 1. The van der Waals surface area contributed by atoms with Crippen LogP contribution in [0.1, 0.15) is 27.9 Å². The summed E-state index contributed by atoms with van der Waals surface area (Å²) < 4.78 is 11.3. The van der Waals surface area contributed by atoms with Crippen molar-refractivity contribution in [2.45, 2.75) is 13.0 Å². The van der Waals surface area contributed by atoms with Gasteiger partial charge in [-0.25, -0.2) is 4.98 Å². The van der Waals surface area contributed by atoms with E-state index in [1.807, 2.05) is 37.3 Å². The predicted octanol–water partition coefficient (Wildman–Crippen LogP) is 4.99. The molecule has 0 radical (unpaired) electrons. The van der Waals surface area contributed by atoms with Crippen LogP contribution in [0.25, 0.3) is 22.0 Å². The molecule has 2 N–H and O–H groups in total. The van der Waals surface area contributed by atoms with Crippen molar-refractivity contribution < 1.29 is 23.5 Å². The monoisotopic (exact) mass is 439 g/mol. The summed E-state index contributed by atoms with van der Waals surface area (Å²) in [5.74, 6) is -1.51. The minimum Gasteiger partial charge on any atom is -0.503 e. The number of furan rings is 2. The Morgan fingerprint density at radius 3 is 2.76 bits per heavy atom. The Kier molecular flexibility index (Phi) is 4.03.